The molecule has 0 aliphatic carbocycles. The zero-order valence-corrected chi connectivity index (χ0v) is 19.4. The van der Waals surface area contributed by atoms with Crippen molar-refractivity contribution in [3.8, 4) is 0 Å². The van der Waals surface area contributed by atoms with Crippen LogP contribution in [-0.4, -0.2) is 80.9 Å². The van der Waals surface area contributed by atoms with Crippen molar-refractivity contribution in [1.29, 1.82) is 0 Å². The van der Waals surface area contributed by atoms with Gasteiger partial charge in [0, 0.05) is 32.1 Å². The molecule has 0 aliphatic heterocycles. The van der Waals surface area contributed by atoms with E-state index in [0.29, 0.717) is 18.4 Å². The van der Waals surface area contributed by atoms with Crippen LogP contribution >= 0.6 is 0 Å². The number of hydrogen-bond donors (Lipinski definition) is 5. The first-order valence-electron chi connectivity index (χ1n) is 10.8. The number of carboxylic acid groups (broad SMARTS) is 3. The first-order valence-corrected chi connectivity index (χ1v) is 10.8. The summed E-state index contributed by atoms with van der Waals surface area (Å²) in [6.45, 7) is 0.0479. The van der Waals surface area contributed by atoms with E-state index in [1.807, 2.05) is 0 Å². The average molecular weight is 512 g/mol. The minimum Gasteiger partial charge on any atom is -0.481 e. The van der Waals surface area contributed by atoms with E-state index < -0.39 is 53.5 Å². The average Bonchev–Trinajstić information content (AvgIpc) is 2.81. The highest BCUT2D eigenvalue weighted by Crippen LogP contribution is 2.13. The van der Waals surface area contributed by atoms with E-state index in [0.717, 1.165) is 4.90 Å². The Hall–Kier alpha value is -4.43. The third-order valence-corrected chi connectivity index (χ3v) is 5.01. The van der Waals surface area contributed by atoms with Gasteiger partial charge >= 0.3 is 30.0 Å². The molecule has 36 heavy (non-hydrogen) atoms. The van der Waals surface area contributed by atoms with Crippen LogP contribution in [0.15, 0.2) is 24.3 Å². The Balaban J connectivity index is 2.42. The van der Waals surface area contributed by atoms with E-state index in [2.05, 4.69) is 10.6 Å². The maximum Gasteiger partial charge on any atom is 0.407 e. The molecule has 3 amide bonds. The SMILES string of the molecule is CN(C(=O)N[C@@H](CCC(=O)O)C(=O)O)[C@@H](CCCCNC(=O)OCc1ccc([N+](=O)[O-])cc1)C(=O)O. The highest BCUT2D eigenvalue weighted by Gasteiger charge is 2.29. The maximum atomic E-state index is 12.3. The number of rotatable bonds is 15. The summed E-state index contributed by atoms with van der Waals surface area (Å²) in [5, 5.41) is 42.5. The van der Waals surface area contributed by atoms with Gasteiger partial charge in [0.1, 0.15) is 18.7 Å². The predicted molar refractivity (Wildman–Crippen MR) is 121 cm³/mol. The lowest BCUT2D eigenvalue weighted by Gasteiger charge is -2.26. The van der Waals surface area contributed by atoms with Crippen LogP contribution in [0.2, 0.25) is 0 Å². The number of carboxylic acids is 3. The van der Waals surface area contributed by atoms with Gasteiger partial charge in [-0.25, -0.2) is 19.2 Å². The second-order valence-electron chi connectivity index (χ2n) is 7.66. The van der Waals surface area contributed by atoms with Gasteiger partial charge in [0.2, 0.25) is 0 Å². The van der Waals surface area contributed by atoms with Crippen molar-refractivity contribution in [3.63, 3.8) is 0 Å². The Morgan fingerprint density at radius 1 is 1.03 bits per heavy atom. The Morgan fingerprint density at radius 3 is 2.19 bits per heavy atom. The van der Waals surface area contributed by atoms with Crippen LogP contribution in [0, 0.1) is 10.1 Å². The van der Waals surface area contributed by atoms with E-state index >= 15 is 0 Å². The number of nitrogens with zero attached hydrogens (tertiary/aromatic N) is 2. The molecule has 15 nitrogen and oxygen atoms in total. The number of likely N-dealkylation sites (N-methyl/N-ethyl adjacent to an activating group) is 1. The Bertz CT molecular complexity index is 952. The number of alkyl carbamates (subject to hydrolysis) is 1. The van der Waals surface area contributed by atoms with E-state index in [4.69, 9.17) is 14.9 Å². The van der Waals surface area contributed by atoms with Gasteiger partial charge in [-0.05, 0) is 43.4 Å². The number of nitrogens with one attached hydrogen (secondary N) is 2. The summed E-state index contributed by atoms with van der Waals surface area (Å²) in [6.07, 6.45) is -0.951. The quantitative estimate of drug-likeness (QED) is 0.128. The molecule has 0 aromatic heterocycles. The topological polar surface area (TPSA) is 226 Å². The summed E-state index contributed by atoms with van der Waals surface area (Å²) >= 11 is 0. The van der Waals surface area contributed by atoms with E-state index in [-0.39, 0.29) is 31.7 Å². The molecule has 1 aromatic rings. The summed E-state index contributed by atoms with van der Waals surface area (Å²) in [7, 11) is 1.18. The minimum atomic E-state index is -1.49. The highest BCUT2D eigenvalue weighted by molar-refractivity contribution is 5.86. The highest BCUT2D eigenvalue weighted by atomic mass is 16.6. The van der Waals surface area contributed by atoms with Gasteiger partial charge in [0.05, 0.1) is 4.92 Å². The summed E-state index contributed by atoms with van der Waals surface area (Å²) in [5.74, 6) is -4.01. The number of ether oxygens (including phenoxy) is 1. The zero-order chi connectivity index (χ0) is 27.3. The van der Waals surface area contributed by atoms with Gasteiger partial charge in [0.15, 0.2) is 0 Å². The van der Waals surface area contributed by atoms with E-state index in [1.165, 1.54) is 31.3 Å². The second kappa shape index (κ2) is 14.7. The molecule has 15 heteroatoms. The van der Waals surface area contributed by atoms with Crippen molar-refractivity contribution < 1.29 is 49.0 Å². The molecule has 1 rings (SSSR count). The number of non-ortho nitro benzene ring substituents is 1. The van der Waals surface area contributed by atoms with Gasteiger partial charge in [-0.15, -0.1) is 0 Å². The molecule has 1 aromatic carbocycles. The third-order valence-electron chi connectivity index (χ3n) is 5.01. The fraction of sp³-hybridized carbons (Fsp3) is 0.476. The van der Waals surface area contributed by atoms with Gasteiger partial charge in [-0.3, -0.25) is 14.9 Å². The number of unbranched alkanes of at least 4 members (excludes halogenated alkanes) is 1. The summed E-state index contributed by atoms with van der Waals surface area (Å²) in [5.41, 5.74) is 0.459. The van der Waals surface area contributed by atoms with Gasteiger partial charge in [-0.1, -0.05) is 0 Å². The number of aliphatic carboxylic acids is 3. The molecule has 198 valence electrons. The third kappa shape index (κ3) is 10.7. The fourth-order valence-corrected chi connectivity index (χ4v) is 2.97. The van der Waals surface area contributed by atoms with Crippen LogP contribution in [0.3, 0.4) is 0 Å². The van der Waals surface area contributed by atoms with Gasteiger partial charge < -0.3 is 35.6 Å². The molecular formula is C21H28N4O11. The largest absolute Gasteiger partial charge is 0.481 e. The molecule has 0 unspecified atom stereocenters. The number of nitro benzene ring substituents is 1. The number of carbonyl (C=O) groups excluding carboxylic acids is 2. The van der Waals surface area contributed by atoms with Gasteiger partial charge in [0.25, 0.3) is 5.69 Å². The smallest absolute Gasteiger partial charge is 0.407 e. The number of amides is 3. The van der Waals surface area contributed by atoms with Crippen molar-refractivity contribution in [2.24, 2.45) is 0 Å². The molecule has 0 saturated carbocycles. The molecule has 0 spiro atoms. The molecule has 0 aliphatic rings. The lowest BCUT2D eigenvalue weighted by molar-refractivity contribution is -0.384. The standard InChI is InChI=1S/C21H28N4O11/c1-24(20(32)23-15(18(28)29)9-10-17(26)27)16(19(30)31)4-2-3-11-22-21(33)36-12-13-5-7-14(8-6-13)25(34)35/h5-8,15-16H,2-4,9-12H2,1H3,(H,22,33)(H,23,32)(H,26,27)(H,28,29)(H,30,31)/t15-,16-/m0/s1. The molecular weight excluding hydrogens is 484 g/mol. The van der Waals surface area contributed by atoms with E-state index in [1.54, 1.807) is 0 Å². The molecule has 0 bridgehead atoms. The van der Waals surface area contributed by atoms with Gasteiger partial charge in [-0.2, -0.15) is 0 Å². The number of nitro groups is 1. The Kier molecular flexibility index (Phi) is 12.1. The normalized spacial score (nSPS) is 12.0. The van der Waals surface area contributed by atoms with Crippen molar-refractivity contribution in [3.05, 3.63) is 39.9 Å². The monoisotopic (exact) mass is 512 g/mol. The summed E-state index contributed by atoms with van der Waals surface area (Å²) in [6, 6.07) is 1.71. The van der Waals surface area contributed by atoms with Crippen LogP contribution in [0.1, 0.15) is 37.7 Å². The molecule has 2 atom stereocenters. The first kappa shape index (κ1) is 29.6. The lowest BCUT2D eigenvalue weighted by atomic mass is 10.1. The number of urea groups is 1. The van der Waals surface area contributed by atoms with Crippen LogP contribution in [0.4, 0.5) is 15.3 Å². The predicted octanol–water partition coefficient (Wildman–Crippen LogP) is 1.40. The summed E-state index contributed by atoms with van der Waals surface area (Å²) < 4.78 is 5.00. The Labute approximate surface area is 205 Å². The molecule has 5 N–H and O–H groups in total. The second-order valence-corrected chi connectivity index (χ2v) is 7.66. The molecule has 0 heterocycles. The zero-order valence-electron chi connectivity index (χ0n) is 19.4. The van der Waals surface area contributed by atoms with Crippen LogP contribution < -0.4 is 10.6 Å². The lowest BCUT2D eigenvalue weighted by Crippen LogP contribution is -2.52. The minimum absolute atomic E-state index is 0.00560. The van der Waals surface area contributed by atoms with Crippen LogP contribution in [0.25, 0.3) is 0 Å². The molecule has 0 radical (unpaired) electrons. The van der Waals surface area contributed by atoms with E-state index in [9.17, 15) is 39.2 Å². The van der Waals surface area contributed by atoms with Crippen LogP contribution in [0.5, 0.6) is 0 Å². The van der Waals surface area contributed by atoms with Crippen LogP contribution in [-0.2, 0) is 25.7 Å². The van der Waals surface area contributed by atoms with Crippen molar-refractivity contribution >= 4 is 35.7 Å². The van der Waals surface area contributed by atoms with Crippen molar-refractivity contribution in [1.82, 2.24) is 15.5 Å². The summed E-state index contributed by atoms with van der Waals surface area (Å²) in [4.78, 5) is 68.4. The number of benzene rings is 1. The number of hydrogen-bond acceptors (Lipinski definition) is 8. The molecule has 0 saturated heterocycles. The Morgan fingerprint density at radius 2 is 1.67 bits per heavy atom. The van der Waals surface area contributed by atoms with Crippen molar-refractivity contribution in [2.75, 3.05) is 13.6 Å². The number of carbonyl (C=O) groups is 5. The fourth-order valence-electron chi connectivity index (χ4n) is 2.97. The molecule has 0 fully saturated rings. The maximum absolute atomic E-state index is 12.3. The first-order chi connectivity index (χ1) is 16.9. The van der Waals surface area contributed by atoms with Crippen molar-refractivity contribution in [2.45, 2.75) is 50.8 Å².